The Labute approximate surface area is 204 Å². The Morgan fingerprint density at radius 3 is 2.23 bits per heavy atom. The third-order valence-electron chi connectivity index (χ3n) is 5.14. The molecule has 2 N–H and O–H groups in total. The molecule has 0 heterocycles. The van der Waals surface area contributed by atoms with Gasteiger partial charge in [-0.3, -0.25) is 14.4 Å². The van der Waals surface area contributed by atoms with Crippen molar-refractivity contribution in [2.75, 3.05) is 19.5 Å². The molecule has 0 aliphatic heterocycles. The molecule has 0 spiro atoms. The van der Waals surface area contributed by atoms with Crippen molar-refractivity contribution in [1.82, 2.24) is 5.32 Å². The van der Waals surface area contributed by atoms with E-state index in [-0.39, 0.29) is 11.8 Å². The number of ether oxygens (including phenoxy) is 3. The van der Waals surface area contributed by atoms with Crippen molar-refractivity contribution < 1.29 is 28.6 Å². The molecule has 0 aliphatic carbocycles. The molecule has 0 saturated carbocycles. The van der Waals surface area contributed by atoms with E-state index in [1.165, 1.54) is 13.0 Å². The SMILES string of the molecule is COc1ccc(CCC(=O)Nc2ccc(CNC(=O)c3cccc(OC(C)=O)c3)cc2)cc1OC. The normalized spacial score (nSPS) is 10.3. The highest BCUT2D eigenvalue weighted by atomic mass is 16.5. The van der Waals surface area contributed by atoms with E-state index in [1.54, 1.807) is 44.6 Å². The number of carbonyl (C=O) groups is 3. The van der Waals surface area contributed by atoms with E-state index in [0.29, 0.717) is 47.9 Å². The molecule has 3 aromatic carbocycles. The first kappa shape index (κ1) is 25.3. The van der Waals surface area contributed by atoms with Gasteiger partial charge in [0.25, 0.3) is 5.91 Å². The summed E-state index contributed by atoms with van der Waals surface area (Å²) in [5, 5.41) is 5.71. The molecule has 0 unspecified atom stereocenters. The summed E-state index contributed by atoms with van der Waals surface area (Å²) in [4.78, 5) is 35.9. The Balaban J connectivity index is 1.48. The predicted molar refractivity (Wildman–Crippen MR) is 132 cm³/mol. The molecule has 0 atom stereocenters. The molecular formula is C27H28N2O6. The van der Waals surface area contributed by atoms with Gasteiger partial charge in [-0.1, -0.05) is 24.3 Å². The first-order valence-electron chi connectivity index (χ1n) is 11.0. The van der Waals surface area contributed by atoms with Crippen molar-refractivity contribution in [1.29, 1.82) is 0 Å². The van der Waals surface area contributed by atoms with Gasteiger partial charge < -0.3 is 24.8 Å². The fraction of sp³-hybridized carbons (Fsp3) is 0.222. The first-order valence-corrected chi connectivity index (χ1v) is 11.0. The molecule has 0 radical (unpaired) electrons. The maximum Gasteiger partial charge on any atom is 0.308 e. The standard InChI is InChI=1S/C27H28N2O6/c1-18(30)35-23-6-4-5-21(16-23)27(32)28-17-20-7-11-22(12-8-20)29-26(31)14-10-19-9-13-24(33-2)25(15-19)34-3/h4-9,11-13,15-16H,10,14,17H2,1-3H3,(H,28,32)(H,29,31). The van der Waals surface area contributed by atoms with Crippen LogP contribution in [0, 0.1) is 0 Å². The summed E-state index contributed by atoms with van der Waals surface area (Å²) >= 11 is 0. The molecule has 8 heteroatoms. The van der Waals surface area contributed by atoms with Gasteiger partial charge in [-0.15, -0.1) is 0 Å². The number of esters is 1. The molecule has 3 rings (SSSR count). The summed E-state index contributed by atoms with van der Waals surface area (Å²) in [5.41, 5.74) is 2.91. The second-order valence-corrected chi connectivity index (χ2v) is 7.74. The third-order valence-corrected chi connectivity index (χ3v) is 5.14. The van der Waals surface area contributed by atoms with Gasteiger partial charge in [-0.25, -0.2) is 0 Å². The van der Waals surface area contributed by atoms with Crippen molar-refractivity contribution >= 4 is 23.5 Å². The van der Waals surface area contributed by atoms with Gasteiger partial charge in [0.1, 0.15) is 5.75 Å². The van der Waals surface area contributed by atoms with Gasteiger partial charge >= 0.3 is 5.97 Å². The third kappa shape index (κ3) is 7.60. The Morgan fingerprint density at radius 1 is 0.829 bits per heavy atom. The van der Waals surface area contributed by atoms with Gasteiger partial charge in [-0.2, -0.15) is 0 Å². The van der Waals surface area contributed by atoms with Crippen molar-refractivity contribution in [3.63, 3.8) is 0 Å². The highest BCUT2D eigenvalue weighted by Crippen LogP contribution is 2.28. The number of methoxy groups -OCH3 is 2. The van der Waals surface area contributed by atoms with Crippen molar-refractivity contribution in [2.24, 2.45) is 0 Å². The van der Waals surface area contributed by atoms with E-state index in [0.717, 1.165) is 11.1 Å². The minimum atomic E-state index is -0.448. The lowest BCUT2D eigenvalue weighted by Crippen LogP contribution is -2.22. The summed E-state index contributed by atoms with van der Waals surface area (Å²) in [5.74, 6) is 0.754. The van der Waals surface area contributed by atoms with E-state index in [1.807, 2.05) is 30.3 Å². The molecule has 2 amide bonds. The quantitative estimate of drug-likeness (QED) is 0.337. The zero-order valence-corrected chi connectivity index (χ0v) is 19.9. The lowest BCUT2D eigenvalue weighted by Gasteiger charge is -2.10. The van der Waals surface area contributed by atoms with Crippen LogP contribution in [0.15, 0.2) is 66.7 Å². The minimum Gasteiger partial charge on any atom is -0.493 e. The van der Waals surface area contributed by atoms with Gasteiger partial charge in [0.2, 0.25) is 5.91 Å². The summed E-state index contributed by atoms with van der Waals surface area (Å²) in [6.07, 6.45) is 0.884. The topological polar surface area (TPSA) is 103 Å². The van der Waals surface area contributed by atoms with Crippen molar-refractivity contribution in [2.45, 2.75) is 26.3 Å². The molecule has 0 bridgehead atoms. The van der Waals surface area contributed by atoms with E-state index in [9.17, 15) is 14.4 Å². The Morgan fingerprint density at radius 2 is 1.54 bits per heavy atom. The van der Waals surface area contributed by atoms with Crippen LogP contribution in [0.25, 0.3) is 0 Å². The molecule has 0 fully saturated rings. The summed E-state index contributed by atoms with van der Waals surface area (Å²) in [6.45, 7) is 1.61. The first-order chi connectivity index (χ1) is 16.9. The fourth-order valence-corrected chi connectivity index (χ4v) is 3.37. The van der Waals surface area contributed by atoms with Gasteiger partial charge in [0.05, 0.1) is 14.2 Å². The maximum absolute atomic E-state index is 12.4. The molecule has 3 aromatic rings. The average Bonchev–Trinajstić information content (AvgIpc) is 2.86. The number of hydrogen-bond donors (Lipinski definition) is 2. The second-order valence-electron chi connectivity index (χ2n) is 7.74. The Hall–Kier alpha value is -4.33. The van der Waals surface area contributed by atoms with Crippen LogP contribution in [0.4, 0.5) is 5.69 Å². The number of nitrogens with one attached hydrogen (secondary N) is 2. The van der Waals surface area contributed by atoms with Gasteiger partial charge in [-0.05, 0) is 60.0 Å². The van der Waals surface area contributed by atoms with Gasteiger partial charge in [0.15, 0.2) is 11.5 Å². The number of benzene rings is 3. The van der Waals surface area contributed by atoms with Crippen LogP contribution in [-0.4, -0.2) is 32.0 Å². The lowest BCUT2D eigenvalue weighted by molar-refractivity contribution is -0.131. The highest BCUT2D eigenvalue weighted by molar-refractivity contribution is 5.94. The van der Waals surface area contributed by atoms with Crippen LogP contribution < -0.4 is 24.8 Å². The zero-order chi connectivity index (χ0) is 25.2. The molecule has 0 saturated heterocycles. The minimum absolute atomic E-state index is 0.103. The highest BCUT2D eigenvalue weighted by Gasteiger charge is 2.09. The van der Waals surface area contributed by atoms with Crippen molar-refractivity contribution in [3.05, 3.63) is 83.4 Å². The van der Waals surface area contributed by atoms with Crippen LogP contribution in [0.2, 0.25) is 0 Å². The number of amides is 2. The molecule has 35 heavy (non-hydrogen) atoms. The molecule has 8 nitrogen and oxygen atoms in total. The number of aryl methyl sites for hydroxylation is 1. The largest absolute Gasteiger partial charge is 0.493 e. The summed E-state index contributed by atoms with van der Waals surface area (Å²) in [6, 6.07) is 19.2. The number of carbonyl (C=O) groups excluding carboxylic acids is 3. The smallest absolute Gasteiger partial charge is 0.308 e. The summed E-state index contributed by atoms with van der Waals surface area (Å²) < 4.78 is 15.5. The van der Waals surface area contributed by atoms with Crippen LogP contribution in [0.5, 0.6) is 17.2 Å². The van der Waals surface area contributed by atoms with E-state index >= 15 is 0 Å². The number of hydrogen-bond acceptors (Lipinski definition) is 6. The zero-order valence-electron chi connectivity index (χ0n) is 19.9. The summed E-state index contributed by atoms with van der Waals surface area (Å²) in [7, 11) is 3.16. The maximum atomic E-state index is 12.4. The van der Waals surface area contributed by atoms with E-state index < -0.39 is 5.97 Å². The molecule has 182 valence electrons. The number of rotatable bonds is 10. The van der Waals surface area contributed by atoms with Crippen LogP contribution in [-0.2, 0) is 22.6 Å². The lowest BCUT2D eigenvalue weighted by atomic mass is 10.1. The average molecular weight is 477 g/mol. The van der Waals surface area contributed by atoms with E-state index in [2.05, 4.69) is 10.6 Å². The van der Waals surface area contributed by atoms with Crippen LogP contribution >= 0.6 is 0 Å². The monoisotopic (exact) mass is 476 g/mol. The molecular weight excluding hydrogens is 448 g/mol. The van der Waals surface area contributed by atoms with Crippen molar-refractivity contribution in [3.8, 4) is 17.2 Å². The fourth-order valence-electron chi connectivity index (χ4n) is 3.37. The predicted octanol–water partition coefficient (Wildman–Crippen LogP) is 4.13. The van der Waals surface area contributed by atoms with Gasteiger partial charge in [0, 0.05) is 31.1 Å². The molecule has 0 aromatic heterocycles. The van der Waals surface area contributed by atoms with Crippen LogP contribution in [0.1, 0.15) is 34.8 Å². The number of anilines is 1. The Kier molecular flexibility index (Phi) is 8.83. The Bertz CT molecular complexity index is 1190. The molecule has 0 aliphatic rings. The second kappa shape index (κ2) is 12.2. The van der Waals surface area contributed by atoms with Crippen LogP contribution in [0.3, 0.4) is 0 Å². The van der Waals surface area contributed by atoms with E-state index in [4.69, 9.17) is 14.2 Å².